The van der Waals surface area contributed by atoms with Crippen molar-refractivity contribution >= 4 is 25.1 Å². The number of rotatable bonds is 5. The normalized spacial score (nSPS) is 16.8. The molecule has 0 unspecified atom stereocenters. The summed E-state index contributed by atoms with van der Waals surface area (Å²) in [5.41, 5.74) is 5.76. The summed E-state index contributed by atoms with van der Waals surface area (Å²) >= 11 is 0.514. The van der Waals surface area contributed by atoms with Crippen LogP contribution in [0.15, 0.2) is 71.2 Å². The van der Waals surface area contributed by atoms with Gasteiger partial charge >= 0.3 is 146 Å². The zero-order valence-electron chi connectivity index (χ0n) is 13.7. The zero-order valence-corrected chi connectivity index (χ0v) is 15.4. The van der Waals surface area contributed by atoms with Crippen LogP contribution in [0.3, 0.4) is 0 Å². The zero-order chi connectivity index (χ0) is 15.9. The van der Waals surface area contributed by atoms with Crippen LogP contribution in [-0.4, -0.2) is 26.1 Å². The quantitative estimate of drug-likeness (QED) is 0.658. The van der Waals surface area contributed by atoms with Crippen LogP contribution in [0.2, 0.25) is 5.32 Å². The molecular weight excluding hydrogens is 345 g/mol. The Morgan fingerprint density at radius 3 is 2.35 bits per heavy atom. The molecule has 1 aliphatic heterocycles. The molecule has 1 heterocycles. The molecule has 0 spiro atoms. The van der Waals surface area contributed by atoms with Gasteiger partial charge in [0.2, 0.25) is 0 Å². The summed E-state index contributed by atoms with van der Waals surface area (Å²) < 4.78 is 1.38. The van der Waals surface area contributed by atoms with E-state index in [4.69, 9.17) is 4.99 Å². The van der Waals surface area contributed by atoms with Gasteiger partial charge in [0.1, 0.15) is 0 Å². The van der Waals surface area contributed by atoms with Crippen molar-refractivity contribution in [2.75, 3.05) is 6.54 Å². The van der Waals surface area contributed by atoms with Gasteiger partial charge in [-0.1, -0.05) is 0 Å². The van der Waals surface area contributed by atoms with Crippen LogP contribution in [0.5, 0.6) is 0 Å². The maximum absolute atomic E-state index is 5.02. The second-order valence-corrected chi connectivity index (χ2v) is 7.99. The van der Waals surface area contributed by atoms with Gasteiger partial charge in [-0.3, -0.25) is 0 Å². The van der Waals surface area contributed by atoms with Crippen LogP contribution in [0, 0.1) is 0 Å². The van der Waals surface area contributed by atoms with Crippen LogP contribution in [0.1, 0.15) is 30.9 Å². The molecule has 2 heteroatoms. The van der Waals surface area contributed by atoms with Crippen molar-refractivity contribution in [3.05, 3.63) is 77.4 Å². The van der Waals surface area contributed by atoms with Crippen molar-refractivity contribution < 1.29 is 0 Å². The van der Waals surface area contributed by atoms with Gasteiger partial charge in [-0.2, -0.15) is 0 Å². The molecule has 0 saturated carbocycles. The molecule has 1 aliphatic rings. The molecule has 0 N–H and O–H groups in total. The van der Waals surface area contributed by atoms with Gasteiger partial charge in [0, 0.05) is 0 Å². The fourth-order valence-corrected chi connectivity index (χ4v) is 5.33. The Bertz CT molecular complexity index is 686. The summed E-state index contributed by atoms with van der Waals surface area (Å²) in [5, 5.41) is 1.30. The molecule has 0 bridgehead atoms. The Morgan fingerprint density at radius 1 is 0.957 bits per heavy atom. The molecular formula is C21H23NSe. The van der Waals surface area contributed by atoms with Crippen molar-refractivity contribution in [3.63, 3.8) is 0 Å². The van der Waals surface area contributed by atoms with Gasteiger partial charge in [0.05, 0.1) is 0 Å². The monoisotopic (exact) mass is 369 g/mol. The third kappa shape index (κ3) is 4.22. The van der Waals surface area contributed by atoms with Gasteiger partial charge in [-0.15, -0.1) is 0 Å². The number of allylic oxidation sites excluding steroid dienone is 2. The average molecular weight is 368 g/mol. The van der Waals surface area contributed by atoms with Gasteiger partial charge in [0.15, 0.2) is 0 Å². The van der Waals surface area contributed by atoms with Crippen LogP contribution in [-0.2, 0) is 6.42 Å². The second-order valence-electron chi connectivity index (χ2n) is 5.72. The second kappa shape index (κ2) is 8.29. The predicted octanol–water partition coefficient (Wildman–Crippen LogP) is 5.02. The Morgan fingerprint density at radius 2 is 1.65 bits per heavy atom. The van der Waals surface area contributed by atoms with E-state index < -0.39 is 0 Å². The maximum atomic E-state index is 5.02. The van der Waals surface area contributed by atoms with Crippen molar-refractivity contribution in [2.24, 2.45) is 4.99 Å². The molecule has 0 aromatic heterocycles. The van der Waals surface area contributed by atoms with E-state index in [1.54, 1.807) is 5.57 Å². The van der Waals surface area contributed by atoms with Gasteiger partial charge in [-0.05, 0) is 0 Å². The van der Waals surface area contributed by atoms with E-state index >= 15 is 0 Å². The van der Waals surface area contributed by atoms with Gasteiger partial charge < -0.3 is 0 Å². The summed E-state index contributed by atoms with van der Waals surface area (Å²) in [6, 6.07) is 21.5. The SMILES string of the molecule is CCC1=C(c2ccccc2)C(=NCCc2ccccc2)[Se]CC1. The summed E-state index contributed by atoms with van der Waals surface area (Å²) in [4.78, 5) is 5.02. The third-order valence-corrected chi connectivity index (χ3v) is 6.33. The standard InChI is InChI=1S/C21H23NSe/c1-2-18-14-16-23-21(20(18)19-11-7-4-8-12-19)22-15-13-17-9-5-3-6-10-17/h3-12H,2,13-16H2,1H3. The Labute approximate surface area is 145 Å². The molecule has 2 aromatic carbocycles. The topological polar surface area (TPSA) is 12.4 Å². The molecule has 0 amide bonds. The van der Waals surface area contributed by atoms with Crippen molar-refractivity contribution in [2.45, 2.75) is 31.5 Å². The molecule has 0 aliphatic carbocycles. The van der Waals surface area contributed by atoms with Crippen molar-refractivity contribution in [3.8, 4) is 0 Å². The Hall–Kier alpha value is -1.63. The summed E-state index contributed by atoms with van der Waals surface area (Å²) in [5.74, 6) is 0. The fraction of sp³-hybridized carbons (Fsp3) is 0.286. The molecule has 2 aromatic rings. The van der Waals surface area contributed by atoms with E-state index in [0.717, 1.165) is 19.4 Å². The summed E-state index contributed by atoms with van der Waals surface area (Å²) in [7, 11) is 0. The van der Waals surface area contributed by atoms with E-state index in [9.17, 15) is 0 Å². The molecule has 118 valence electrons. The van der Waals surface area contributed by atoms with Crippen LogP contribution in [0.4, 0.5) is 0 Å². The first kappa shape index (κ1) is 16.2. The van der Waals surface area contributed by atoms with E-state index in [1.165, 1.54) is 33.1 Å². The summed E-state index contributed by atoms with van der Waals surface area (Å²) in [6.07, 6.45) is 3.42. The Balaban J connectivity index is 1.83. The fourth-order valence-electron chi connectivity index (χ4n) is 2.96. The predicted molar refractivity (Wildman–Crippen MR) is 101 cm³/mol. The van der Waals surface area contributed by atoms with Crippen LogP contribution in [0.25, 0.3) is 5.57 Å². The number of benzene rings is 2. The molecule has 0 atom stereocenters. The molecule has 23 heavy (non-hydrogen) atoms. The van der Waals surface area contributed by atoms with E-state index in [0.29, 0.717) is 15.0 Å². The molecule has 1 nitrogen and oxygen atoms in total. The average Bonchev–Trinajstić information content (AvgIpc) is 2.63. The minimum absolute atomic E-state index is 0.514. The molecule has 0 radical (unpaired) electrons. The van der Waals surface area contributed by atoms with Crippen LogP contribution < -0.4 is 0 Å². The third-order valence-electron chi connectivity index (χ3n) is 4.20. The number of aliphatic imine (C=N–C) groups is 1. The molecule has 3 rings (SSSR count). The first-order valence-electron chi connectivity index (χ1n) is 8.37. The van der Waals surface area contributed by atoms with E-state index in [2.05, 4.69) is 67.6 Å². The number of hydrogen-bond donors (Lipinski definition) is 0. The van der Waals surface area contributed by atoms with E-state index in [1.807, 2.05) is 0 Å². The van der Waals surface area contributed by atoms with Crippen molar-refractivity contribution in [1.29, 1.82) is 0 Å². The number of nitrogens with zero attached hydrogens (tertiary/aromatic N) is 1. The Kier molecular flexibility index (Phi) is 5.85. The van der Waals surface area contributed by atoms with Gasteiger partial charge in [-0.25, -0.2) is 0 Å². The minimum atomic E-state index is 0.514. The summed E-state index contributed by atoms with van der Waals surface area (Å²) in [6.45, 7) is 3.17. The van der Waals surface area contributed by atoms with Crippen molar-refractivity contribution in [1.82, 2.24) is 0 Å². The van der Waals surface area contributed by atoms with E-state index in [-0.39, 0.29) is 0 Å². The van der Waals surface area contributed by atoms with Crippen LogP contribution >= 0.6 is 0 Å². The van der Waals surface area contributed by atoms with Gasteiger partial charge in [0.25, 0.3) is 0 Å². The first-order valence-corrected chi connectivity index (χ1v) is 10.4. The molecule has 0 fully saturated rings. The number of hydrogen-bond acceptors (Lipinski definition) is 1. The molecule has 0 saturated heterocycles. The first-order chi connectivity index (χ1) is 11.4.